The molecule has 128 valence electrons. The van der Waals surface area contributed by atoms with Crippen molar-refractivity contribution in [3.8, 4) is 0 Å². The van der Waals surface area contributed by atoms with Crippen LogP contribution in [0.1, 0.15) is 32.1 Å². The number of rotatable bonds is 6. The van der Waals surface area contributed by atoms with Crippen LogP contribution >= 0.6 is 0 Å². The zero-order chi connectivity index (χ0) is 16.8. The summed E-state index contributed by atoms with van der Waals surface area (Å²) in [6.45, 7) is 0.495. The van der Waals surface area contributed by atoms with Crippen molar-refractivity contribution in [2.45, 2.75) is 44.7 Å². The number of nitrogens with one attached hydrogen (secondary N) is 2. The fourth-order valence-electron chi connectivity index (χ4n) is 3.29. The molecule has 0 aliphatic heterocycles. The van der Waals surface area contributed by atoms with E-state index in [-0.39, 0.29) is 12.5 Å². The van der Waals surface area contributed by atoms with Crippen LogP contribution in [0.2, 0.25) is 0 Å². The molecule has 1 aromatic heterocycles. The number of hydrogen-bond donors (Lipinski definition) is 2. The average molecular weight is 322 g/mol. The highest BCUT2D eigenvalue weighted by Crippen LogP contribution is 2.27. The fourth-order valence-corrected chi connectivity index (χ4v) is 3.29. The first-order valence-corrected chi connectivity index (χ1v) is 8.20. The van der Waals surface area contributed by atoms with E-state index in [1.807, 2.05) is 14.1 Å². The zero-order valence-corrected chi connectivity index (χ0v) is 13.9. The van der Waals surface area contributed by atoms with Gasteiger partial charge in [-0.3, -0.25) is 19.1 Å². The number of aromatic amines is 1. The van der Waals surface area contributed by atoms with Gasteiger partial charge in [0.15, 0.2) is 0 Å². The molecular formula is C16H26N4O3. The largest absolute Gasteiger partial charge is 0.353 e. The Morgan fingerprint density at radius 3 is 2.65 bits per heavy atom. The summed E-state index contributed by atoms with van der Waals surface area (Å²) >= 11 is 0. The number of carbonyl (C=O) groups is 1. The van der Waals surface area contributed by atoms with Gasteiger partial charge in [-0.15, -0.1) is 0 Å². The van der Waals surface area contributed by atoms with Crippen molar-refractivity contribution in [1.82, 2.24) is 19.8 Å². The molecule has 1 amide bonds. The summed E-state index contributed by atoms with van der Waals surface area (Å²) in [6, 6.07) is 1.55. The van der Waals surface area contributed by atoms with Crippen LogP contribution in [0.3, 0.4) is 0 Å². The van der Waals surface area contributed by atoms with E-state index in [1.165, 1.54) is 48.9 Å². The number of likely N-dealkylation sites (N-methyl/N-ethyl adjacent to an activating group) is 1. The Morgan fingerprint density at radius 1 is 1.35 bits per heavy atom. The smallest absolute Gasteiger partial charge is 0.328 e. The Balaban J connectivity index is 1.90. The Hall–Kier alpha value is -1.89. The van der Waals surface area contributed by atoms with Gasteiger partial charge < -0.3 is 10.2 Å². The molecule has 1 saturated carbocycles. The molecule has 7 heteroatoms. The van der Waals surface area contributed by atoms with Crippen LogP contribution in [0, 0.1) is 5.92 Å². The van der Waals surface area contributed by atoms with Gasteiger partial charge in [0, 0.05) is 24.8 Å². The van der Waals surface area contributed by atoms with Crippen LogP contribution < -0.4 is 16.6 Å². The predicted octanol–water partition coefficient (Wildman–Crippen LogP) is 0.163. The molecule has 1 heterocycles. The lowest BCUT2D eigenvalue weighted by molar-refractivity contribution is -0.122. The Bertz CT molecular complexity index is 629. The summed E-state index contributed by atoms with van der Waals surface area (Å²) in [4.78, 5) is 39.0. The van der Waals surface area contributed by atoms with E-state index in [9.17, 15) is 14.4 Å². The molecule has 0 saturated heterocycles. The number of H-pyrrole nitrogens is 1. The van der Waals surface area contributed by atoms with Crippen LogP contribution in [0.5, 0.6) is 0 Å². The molecule has 2 N–H and O–H groups in total. The number of carbonyl (C=O) groups excluding carboxylic acids is 1. The maximum Gasteiger partial charge on any atom is 0.328 e. The summed E-state index contributed by atoms with van der Waals surface area (Å²) < 4.78 is 1.20. The standard InChI is InChI=1S/C16H26N4O3/c1-19(2)13(12-6-4-3-5-7-12)10-17-15(22)11-20-9-8-14(21)18-16(20)23/h8-9,12-13H,3-7,10-11H2,1-2H3,(H,17,22)(H,18,21,23)/t13-/m1/s1. The summed E-state index contributed by atoms with van der Waals surface area (Å²) in [6.07, 6.45) is 7.57. The third kappa shape index (κ3) is 5.06. The lowest BCUT2D eigenvalue weighted by Crippen LogP contribution is -2.46. The molecule has 0 spiro atoms. The molecule has 23 heavy (non-hydrogen) atoms. The van der Waals surface area contributed by atoms with E-state index in [2.05, 4.69) is 15.2 Å². The van der Waals surface area contributed by atoms with Crippen molar-refractivity contribution >= 4 is 5.91 Å². The summed E-state index contributed by atoms with van der Waals surface area (Å²) in [5.74, 6) is 0.386. The van der Waals surface area contributed by atoms with Crippen molar-refractivity contribution in [1.29, 1.82) is 0 Å². The quantitative estimate of drug-likeness (QED) is 0.781. The van der Waals surface area contributed by atoms with Gasteiger partial charge in [0.05, 0.1) is 0 Å². The minimum Gasteiger partial charge on any atom is -0.353 e. The van der Waals surface area contributed by atoms with Gasteiger partial charge in [-0.25, -0.2) is 4.79 Å². The van der Waals surface area contributed by atoms with E-state index in [0.717, 1.165) is 0 Å². The topological polar surface area (TPSA) is 87.2 Å². The van der Waals surface area contributed by atoms with Crippen LogP contribution in [-0.2, 0) is 11.3 Å². The number of hydrogen-bond acceptors (Lipinski definition) is 4. The molecule has 1 aromatic rings. The average Bonchev–Trinajstić information content (AvgIpc) is 2.51. The highest BCUT2D eigenvalue weighted by molar-refractivity contribution is 5.75. The van der Waals surface area contributed by atoms with Crippen molar-refractivity contribution in [3.05, 3.63) is 33.1 Å². The maximum absolute atomic E-state index is 12.1. The summed E-state index contributed by atoms with van der Waals surface area (Å²) in [5.41, 5.74) is -1.03. The Labute approximate surface area is 135 Å². The fraction of sp³-hybridized carbons (Fsp3) is 0.688. The Kier molecular flexibility index (Phi) is 6.15. The molecule has 0 bridgehead atoms. The second-order valence-electron chi connectivity index (χ2n) is 6.47. The molecule has 1 fully saturated rings. The van der Waals surface area contributed by atoms with Gasteiger partial charge >= 0.3 is 5.69 Å². The van der Waals surface area contributed by atoms with E-state index in [0.29, 0.717) is 18.5 Å². The van der Waals surface area contributed by atoms with Crippen molar-refractivity contribution in [2.75, 3.05) is 20.6 Å². The highest BCUT2D eigenvalue weighted by Gasteiger charge is 2.25. The first-order valence-electron chi connectivity index (χ1n) is 8.20. The minimum atomic E-state index is -0.566. The van der Waals surface area contributed by atoms with Crippen LogP contribution in [-0.4, -0.2) is 47.0 Å². The predicted molar refractivity (Wildman–Crippen MR) is 88.4 cm³/mol. The van der Waals surface area contributed by atoms with E-state index >= 15 is 0 Å². The van der Waals surface area contributed by atoms with E-state index < -0.39 is 11.2 Å². The van der Waals surface area contributed by atoms with Gasteiger partial charge in [-0.2, -0.15) is 0 Å². The SMILES string of the molecule is CN(C)[C@H](CNC(=O)Cn1ccc(=O)[nH]c1=O)C1CCCCC1. The molecular weight excluding hydrogens is 296 g/mol. The van der Waals surface area contributed by atoms with Gasteiger partial charge in [0.1, 0.15) is 6.54 Å². The molecule has 0 aromatic carbocycles. The third-order valence-electron chi connectivity index (χ3n) is 4.58. The van der Waals surface area contributed by atoms with Crippen LogP contribution in [0.15, 0.2) is 21.9 Å². The second-order valence-corrected chi connectivity index (χ2v) is 6.47. The lowest BCUT2D eigenvalue weighted by Gasteiger charge is -2.35. The summed E-state index contributed by atoms with van der Waals surface area (Å²) in [7, 11) is 4.08. The minimum absolute atomic E-state index is 0.0829. The molecule has 1 aliphatic rings. The lowest BCUT2D eigenvalue weighted by atomic mass is 9.83. The highest BCUT2D eigenvalue weighted by atomic mass is 16.2. The van der Waals surface area contributed by atoms with Gasteiger partial charge in [0.2, 0.25) is 5.91 Å². The number of aromatic nitrogens is 2. The molecule has 1 aliphatic carbocycles. The molecule has 7 nitrogen and oxygen atoms in total. The second kappa shape index (κ2) is 8.10. The summed E-state index contributed by atoms with van der Waals surface area (Å²) in [5, 5.41) is 2.92. The van der Waals surface area contributed by atoms with Crippen molar-refractivity contribution in [3.63, 3.8) is 0 Å². The van der Waals surface area contributed by atoms with Crippen LogP contribution in [0.4, 0.5) is 0 Å². The molecule has 0 unspecified atom stereocenters. The zero-order valence-electron chi connectivity index (χ0n) is 13.9. The van der Waals surface area contributed by atoms with Gasteiger partial charge in [0.25, 0.3) is 5.56 Å². The first-order chi connectivity index (χ1) is 11.0. The van der Waals surface area contributed by atoms with Crippen LogP contribution in [0.25, 0.3) is 0 Å². The molecule has 1 atom stereocenters. The normalized spacial score (nSPS) is 17.2. The first kappa shape index (κ1) is 17.5. The Morgan fingerprint density at radius 2 is 2.04 bits per heavy atom. The number of nitrogens with zero attached hydrogens (tertiary/aromatic N) is 2. The van der Waals surface area contributed by atoms with Crippen molar-refractivity contribution in [2.24, 2.45) is 5.92 Å². The monoisotopic (exact) mass is 322 g/mol. The van der Waals surface area contributed by atoms with Gasteiger partial charge in [-0.05, 0) is 32.9 Å². The van der Waals surface area contributed by atoms with Crippen molar-refractivity contribution < 1.29 is 4.79 Å². The van der Waals surface area contributed by atoms with Gasteiger partial charge in [-0.1, -0.05) is 19.3 Å². The maximum atomic E-state index is 12.1. The van der Waals surface area contributed by atoms with E-state index in [4.69, 9.17) is 0 Å². The molecule has 2 rings (SSSR count). The number of amides is 1. The third-order valence-corrected chi connectivity index (χ3v) is 4.58. The van der Waals surface area contributed by atoms with E-state index in [1.54, 1.807) is 0 Å². The molecule has 0 radical (unpaired) electrons.